The second-order valence-electron chi connectivity index (χ2n) is 4.12. The molecule has 1 aromatic heterocycles. The van der Waals surface area contributed by atoms with Crippen LogP contribution in [0.3, 0.4) is 0 Å². The van der Waals surface area contributed by atoms with Crippen LogP contribution in [0.5, 0.6) is 0 Å². The van der Waals surface area contributed by atoms with Gasteiger partial charge in [0.2, 0.25) is 0 Å². The molecule has 18 heavy (non-hydrogen) atoms. The molecule has 2 N–H and O–H groups in total. The second kappa shape index (κ2) is 4.62. The summed E-state index contributed by atoms with van der Waals surface area (Å²) >= 11 is 0. The Bertz CT molecular complexity index is 556. The molecular formula is C10H12F2N2O4. The second-order valence-corrected chi connectivity index (χ2v) is 4.12. The normalized spacial score (nSPS) is 31.8. The Balaban J connectivity index is 2.42. The van der Waals surface area contributed by atoms with Crippen molar-refractivity contribution in [1.82, 2.24) is 9.55 Å². The van der Waals surface area contributed by atoms with Gasteiger partial charge in [-0.3, -0.25) is 14.3 Å². The zero-order valence-electron chi connectivity index (χ0n) is 9.47. The van der Waals surface area contributed by atoms with Gasteiger partial charge in [-0.15, -0.1) is 0 Å². The lowest BCUT2D eigenvalue weighted by Gasteiger charge is -2.15. The standard InChI is InChI=1S/C10H12F2N2O4/c1-4-2-14(10(17)13-8(4)16)9-7(12)6(11)5(3-15)18-9/h2,5-7,9,15H,3H2,1H3,(H,13,16,17)/t5-,6-,7-,9-/m1/s1. The summed E-state index contributed by atoms with van der Waals surface area (Å²) in [5.41, 5.74) is -1.31. The van der Waals surface area contributed by atoms with Crippen molar-refractivity contribution in [2.24, 2.45) is 0 Å². The summed E-state index contributed by atoms with van der Waals surface area (Å²) in [7, 11) is 0. The van der Waals surface area contributed by atoms with E-state index < -0.39 is 42.5 Å². The lowest BCUT2D eigenvalue weighted by Crippen LogP contribution is -2.36. The lowest BCUT2D eigenvalue weighted by molar-refractivity contribution is -0.0437. The minimum Gasteiger partial charge on any atom is -0.394 e. The highest BCUT2D eigenvalue weighted by atomic mass is 19.2. The van der Waals surface area contributed by atoms with Crippen molar-refractivity contribution in [3.63, 3.8) is 0 Å². The van der Waals surface area contributed by atoms with Crippen LogP contribution in [0.2, 0.25) is 0 Å². The maximum absolute atomic E-state index is 13.7. The number of hydrogen-bond acceptors (Lipinski definition) is 4. The predicted octanol–water partition coefficient (Wildman–Crippen LogP) is -0.589. The summed E-state index contributed by atoms with van der Waals surface area (Å²) < 4.78 is 32.8. The molecule has 2 heterocycles. The molecule has 0 radical (unpaired) electrons. The topological polar surface area (TPSA) is 84.3 Å². The fourth-order valence-corrected chi connectivity index (χ4v) is 1.83. The number of nitrogens with one attached hydrogen (secondary N) is 1. The Morgan fingerprint density at radius 2 is 2.11 bits per heavy atom. The van der Waals surface area contributed by atoms with Gasteiger partial charge in [-0.1, -0.05) is 0 Å². The van der Waals surface area contributed by atoms with Crippen LogP contribution in [0.4, 0.5) is 8.78 Å². The maximum Gasteiger partial charge on any atom is 0.330 e. The van der Waals surface area contributed by atoms with Gasteiger partial charge in [0.15, 0.2) is 18.6 Å². The van der Waals surface area contributed by atoms with Crippen molar-refractivity contribution >= 4 is 0 Å². The van der Waals surface area contributed by atoms with E-state index in [4.69, 9.17) is 9.84 Å². The number of rotatable bonds is 2. The number of aliphatic hydroxyl groups excluding tert-OH is 1. The molecule has 0 unspecified atom stereocenters. The van der Waals surface area contributed by atoms with Crippen LogP contribution in [0.1, 0.15) is 11.8 Å². The molecule has 6 nitrogen and oxygen atoms in total. The summed E-state index contributed by atoms with van der Waals surface area (Å²) in [4.78, 5) is 24.6. The Kier molecular flexibility index (Phi) is 3.31. The first kappa shape index (κ1) is 12.9. The number of halogens is 2. The molecule has 0 aliphatic carbocycles. The fraction of sp³-hybridized carbons (Fsp3) is 0.600. The van der Waals surface area contributed by atoms with Gasteiger partial charge in [0.25, 0.3) is 5.56 Å². The highest BCUT2D eigenvalue weighted by Gasteiger charge is 2.46. The van der Waals surface area contributed by atoms with E-state index in [2.05, 4.69) is 0 Å². The van der Waals surface area contributed by atoms with Crippen LogP contribution in [-0.2, 0) is 4.74 Å². The zero-order valence-corrected chi connectivity index (χ0v) is 9.47. The fourth-order valence-electron chi connectivity index (χ4n) is 1.83. The first-order valence-corrected chi connectivity index (χ1v) is 5.32. The monoisotopic (exact) mass is 262 g/mol. The van der Waals surface area contributed by atoms with Crippen molar-refractivity contribution in [2.45, 2.75) is 31.6 Å². The van der Waals surface area contributed by atoms with E-state index in [9.17, 15) is 18.4 Å². The number of alkyl halides is 2. The van der Waals surface area contributed by atoms with Crippen molar-refractivity contribution in [1.29, 1.82) is 0 Å². The van der Waals surface area contributed by atoms with E-state index in [1.807, 2.05) is 4.98 Å². The summed E-state index contributed by atoms with van der Waals surface area (Å²) in [6.45, 7) is 0.739. The third-order valence-corrected chi connectivity index (χ3v) is 2.85. The Morgan fingerprint density at radius 1 is 1.44 bits per heavy atom. The maximum atomic E-state index is 13.7. The van der Waals surface area contributed by atoms with Gasteiger partial charge in [-0.2, -0.15) is 0 Å². The van der Waals surface area contributed by atoms with Crippen molar-refractivity contribution in [2.75, 3.05) is 6.61 Å². The Hall–Kier alpha value is -1.54. The van der Waals surface area contributed by atoms with Gasteiger partial charge < -0.3 is 9.84 Å². The highest BCUT2D eigenvalue weighted by Crippen LogP contribution is 2.32. The van der Waals surface area contributed by atoms with Crippen LogP contribution < -0.4 is 11.2 Å². The first-order valence-electron chi connectivity index (χ1n) is 5.32. The van der Waals surface area contributed by atoms with Crippen molar-refractivity contribution in [3.8, 4) is 0 Å². The van der Waals surface area contributed by atoms with Gasteiger partial charge in [0.1, 0.15) is 6.10 Å². The molecule has 1 fully saturated rings. The SMILES string of the molecule is Cc1cn([C@@H]2O[C@H](CO)[C@@H](F)[C@H]2F)c(=O)[nH]c1=O. The minimum absolute atomic E-state index is 0.174. The predicted molar refractivity (Wildman–Crippen MR) is 56.8 cm³/mol. The molecule has 1 aliphatic heterocycles. The van der Waals surface area contributed by atoms with Crippen LogP contribution in [0.15, 0.2) is 15.8 Å². The number of aromatic amines is 1. The van der Waals surface area contributed by atoms with E-state index in [0.717, 1.165) is 10.8 Å². The van der Waals surface area contributed by atoms with E-state index in [1.165, 1.54) is 6.92 Å². The number of H-pyrrole nitrogens is 1. The van der Waals surface area contributed by atoms with E-state index in [-0.39, 0.29) is 5.56 Å². The van der Waals surface area contributed by atoms with Crippen molar-refractivity contribution in [3.05, 3.63) is 32.6 Å². The van der Waals surface area contributed by atoms with Crippen LogP contribution in [0, 0.1) is 6.92 Å². The first-order chi connectivity index (χ1) is 8.45. The molecule has 1 aromatic rings. The van der Waals surface area contributed by atoms with Crippen LogP contribution in [0.25, 0.3) is 0 Å². The molecule has 0 bridgehead atoms. The number of nitrogens with zero attached hydrogens (tertiary/aromatic N) is 1. The summed E-state index contributed by atoms with van der Waals surface area (Å²) in [5.74, 6) is 0. The van der Waals surface area contributed by atoms with Gasteiger partial charge in [0, 0.05) is 11.8 Å². The molecule has 1 aliphatic rings. The third-order valence-electron chi connectivity index (χ3n) is 2.85. The smallest absolute Gasteiger partial charge is 0.330 e. The average molecular weight is 262 g/mol. The quantitative estimate of drug-likeness (QED) is 0.746. The van der Waals surface area contributed by atoms with Gasteiger partial charge in [-0.25, -0.2) is 13.6 Å². The molecule has 2 rings (SSSR count). The van der Waals surface area contributed by atoms with Gasteiger partial charge >= 0.3 is 5.69 Å². The van der Waals surface area contributed by atoms with Gasteiger partial charge in [0.05, 0.1) is 6.61 Å². The molecule has 4 atom stereocenters. The molecule has 100 valence electrons. The van der Waals surface area contributed by atoms with Gasteiger partial charge in [-0.05, 0) is 6.92 Å². The highest BCUT2D eigenvalue weighted by molar-refractivity contribution is 5.03. The number of hydrogen-bond donors (Lipinski definition) is 2. The largest absolute Gasteiger partial charge is 0.394 e. The molecule has 0 amide bonds. The van der Waals surface area contributed by atoms with Crippen molar-refractivity contribution < 1.29 is 18.6 Å². The third kappa shape index (κ3) is 1.97. The van der Waals surface area contributed by atoms with E-state index in [0.29, 0.717) is 0 Å². The molecule has 0 aromatic carbocycles. The van der Waals surface area contributed by atoms with Crippen LogP contribution in [-0.4, -0.2) is 39.7 Å². The molecular weight excluding hydrogens is 250 g/mol. The molecule has 8 heteroatoms. The number of aliphatic hydroxyl groups is 1. The molecule has 0 spiro atoms. The molecule has 1 saturated heterocycles. The van der Waals surface area contributed by atoms with E-state index >= 15 is 0 Å². The zero-order chi connectivity index (χ0) is 13.4. The van der Waals surface area contributed by atoms with E-state index in [1.54, 1.807) is 0 Å². The average Bonchev–Trinajstić information content (AvgIpc) is 2.61. The summed E-state index contributed by atoms with van der Waals surface area (Å²) in [6.07, 6.45) is -5.79. The summed E-state index contributed by atoms with van der Waals surface area (Å²) in [6, 6.07) is 0. The minimum atomic E-state index is -2.08. The summed E-state index contributed by atoms with van der Waals surface area (Å²) in [5, 5.41) is 8.81. The van der Waals surface area contributed by atoms with Crippen LogP contribution >= 0.6 is 0 Å². The Labute approximate surface area is 99.8 Å². The lowest BCUT2D eigenvalue weighted by atomic mass is 10.2. The Morgan fingerprint density at radius 3 is 2.67 bits per heavy atom. The number of aryl methyl sites for hydroxylation is 1. The number of aromatic nitrogens is 2. The molecule has 0 saturated carbocycles. The number of ether oxygens (including phenoxy) is 1.